The van der Waals surface area contributed by atoms with Crippen molar-refractivity contribution in [2.75, 3.05) is 50.7 Å². The van der Waals surface area contributed by atoms with Crippen molar-refractivity contribution in [3.8, 4) is 0 Å². The summed E-state index contributed by atoms with van der Waals surface area (Å²) in [6, 6.07) is 6.46. The lowest BCUT2D eigenvalue weighted by atomic mass is 9.97. The van der Waals surface area contributed by atoms with E-state index < -0.39 is 0 Å². The van der Waals surface area contributed by atoms with Crippen molar-refractivity contribution < 1.29 is 4.79 Å². The summed E-state index contributed by atoms with van der Waals surface area (Å²) in [4.78, 5) is 30.2. The molecule has 2 fully saturated rings. The van der Waals surface area contributed by atoms with Crippen LogP contribution in [0.2, 0.25) is 0 Å². The second-order valence-corrected chi connectivity index (χ2v) is 10.4. The molecule has 0 bridgehead atoms. The second-order valence-electron chi connectivity index (χ2n) is 9.34. The number of rotatable bonds is 6. The lowest BCUT2D eigenvalue weighted by Gasteiger charge is -2.36. The molecule has 0 unspecified atom stereocenters. The lowest BCUT2D eigenvalue weighted by molar-refractivity contribution is 0.168. The smallest absolute Gasteiger partial charge is 0.317 e. The average Bonchev–Trinajstić information content (AvgIpc) is 3.31. The van der Waals surface area contributed by atoms with Crippen LogP contribution in [-0.2, 0) is 6.54 Å². The zero-order valence-corrected chi connectivity index (χ0v) is 20.4. The van der Waals surface area contributed by atoms with Crippen LogP contribution in [0.3, 0.4) is 0 Å². The number of hydrogen-bond acceptors (Lipinski definition) is 6. The van der Waals surface area contributed by atoms with E-state index in [1.807, 2.05) is 29.2 Å². The summed E-state index contributed by atoms with van der Waals surface area (Å²) in [6.07, 6.45) is 2.31. The molecule has 0 aromatic carbocycles. The first-order valence-electron chi connectivity index (χ1n) is 11.9. The molecular formula is C24H36N6OS. The monoisotopic (exact) mass is 456 g/mol. The number of thiophene rings is 1. The third-order valence-corrected chi connectivity index (χ3v) is 7.34. The highest BCUT2D eigenvalue weighted by Crippen LogP contribution is 2.21. The highest BCUT2D eigenvalue weighted by molar-refractivity contribution is 7.09. The van der Waals surface area contributed by atoms with Crippen LogP contribution >= 0.6 is 11.3 Å². The summed E-state index contributed by atoms with van der Waals surface area (Å²) >= 11 is 1.83. The molecule has 2 amide bonds. The summed E-state index contributed by atoms with van der Waals surface area (Å²) in [5.41, 5.74) is 1.00. The van der Waals surface area contributed by atoms with E-state index in [2.05, 4.69) is 51.5 Å². The number of nitrogens with one attached hydrogen (secondary N) is 1. The van der Waals surface area contributed by atoms with E-state index in [0.29, 0.717) is 11.8 Å². The van der Waals surface area contributed by atoms with Gasteiger partial charge < -0.3 is 15.1 Å². The van der Waals surface area contributed by atoms with E-state index in [9.17, 15) is 4.79 Å². The summed E-state index contributed by atoms with van der Waals surface area (Å²) in [5.74, 6) is 2.76. The van der Waals surface area contributed by atoms with E-state index >= 15 is 0 Å². The number of amides is 2. The fraction of sp³-hybridized carbons (Fsp3) is 0.625. The number of piperazine rings is 1. The second kappa shape index (κ2) is 10.6. The summed E-state index contributed by atoms with van der Waals surface area (Å²) < 4.78 is 0. The van der Waals surface area contributed by atoms with Gasteiger partial charge in [-0.05, 0) is 50.2 Å². The maximum atomic E-state index is 12.7. The van der Waals surface area contributed by atoms with Gasteiger partial charge in [0.1, 0.15) is 11.6 Å². The average molecular weight is 457 g/mol. The highest BCUT2D eigenvalue weighted by Gasteiger charge is 2.24. The van der Waals surface area contributed by atoms with Crippen molar-refractivity contribution >= 4 is 23.2 Å². The Morgan fingerprint density at radius 2 is 1.91 bits per heavy atom. The Balaban J connectivity index is 1.18. The first kappa shape index (κ1) is 23.0. The van der Waals surface area contributed by atoms with Gasteiger partial charge in [-0.25, -0.2) is 14.8 Å². The van der Waals surface area contributed by atoms with Gasteiger partial charge in [0.05, 0.1) is 0 Å². The zero-order valence-electron chi connectivity index (χ0n) is 19.6. The van der Waals surface area contributed by atoms with E-state index in [-0.39, 0.29) is 6.03 Å². The molecule has 0 saturated carbocycles. The molecule has 2 aromatic heterocycles. The minimum atomic E-state index is 0.0763. The predicted molar refractivity (Wildman–Crippen MR) is 130 cm³/mol. The van der Waals surface area contributed by atoms with Gasteiger partial charge in [-0.1, -0.05) is 19.9 Å². The minimum absolute atomic E-state index is 0.0763. The quantitative estimate of drug-likeness (QED) is 0.718. The number of carbonyl (C=O) groups excluding carboxylic acids is 1. The fourth-order valence-electron chi connectivity index (χ4n) is 4.45. The highest BCUT2D eigenvalue weighted by atomic mass is 32.1. The Morgan fingerprint density at radius 3 is 2.56 bits per heavy atom. The molecule has 2 aliphatic rings. The minimum Gasteiger partial charge on any atom is -0.353 e. The molecule has 4 rings (SSSR count). The number of likely N-dealkylation sites (tertiary alicyclic amines) is 1. The van der Waals surface area contributed by atoms with Crippen LogP contribution in [0.4, 0.5) is 10.6 Å². The van der Waals surface area contributed by atoms with Gasteiger partial charge in [-0.2, -0.15) is 0 Å². The first-order valence-corrected chi connectivity index (χ1v) is 12.7. The third-order valence-electron chi connectivity index (χ3n) is 6.47. The Bertz CT molecular complexity index is 871. The number of hydrogen-bond donors (Lipinski definition) is 1. The Kier molecular flexibility index (Phi) is 7.63. The topological polar surface area (TPSA) is 64.6 Å². The van der Waals surface area contributed by atoms with Gasteiger partial charge in [-0.3, -0.25) is 4.90 Å². The van der Waals surface area contributed by atoms with Gasteiger partial charge in [0.15, 0.2) is 0 Å². The molecule has 1 N–H and O–H groups in total. The normalized spacial score (nSPS) is 18.4. The van der Waals surface area contributed by atoms with E-state index in [1.165, 1.54) is 4.88 Å². The largest absolute Gasteiger partial charge is 0.353 e. The van der Waals surface area contributed by atoms with Crippen LogP contribution in [0, 0.1) is 12.8 Å². The lowest BCUT2D eigenvalue weighted by Crippen LogP contribution is -2.53. The number of anilines is 1. The van der Waals surface area contributed by atoms with Crippen LogP contribution in [0.15, 0.2) is 23.6 Å². The van der Waals surface area contributed by atoms with E-state index in [4.69, 9.17) is 4.98 Å². The van der Waals surface area contributed by atoms with Gasteiger partial charge in [0.2, 0.25) is 0 Å². The van der Waals surface area contributed by atoms with Gasteiger partial charge in [0.25, 0.3) is 0 Å². The van der Waals surface area contributed by atoms with Gasteiger partial charge in [0, 0.05) is 61.8 Å². The number of aromatic nitrogens is 2. The van der Waals surface area contributed by atoms with Crippen molar-refractivity contribution in [1.29, 1.82) is 0 Å². The number of piperidine rings is 1. The third kappa shape index (κ3) is 5.98. The molecule has 0 radical (unpaired) electrons. The molecule has 32 heavy (non-hydrogen) atoms. The molecule has 2 saturated heterocycles. The van der Waals surface area contributed by atoms with Crippen LogP contribution < -0.4 is 10.2 Å². The zero-order chi connectivity index (χ0) is 22.5. The van der Waals surface area contributed by atoms with Crippen LogP contribution in [0.25, 0.3) is 0 Å². The molecular weight excluding hydrogens is 420 g/mol. The van der Waals surface area contributed by atoms with Crippen molar-refractivity contribution in [2.45, 2.75) is 46.1 Å². The Morgan fingerprint density at radius 1 is 1.16 bits per heavy atom. The van der Waals surface area contributed by atoms with E-state index in [1.54, 1.807) is 0 Å². The van der Waals surface area contributed by atoms with Gasteiger partial charge in [-0.15, -0.1) is 11.3 Å². The number of nitrogens with zero attached hydrogens (tertiary/aromatic N) is 5. The number of aryl methyl sites for hydroxylation is 1. The fourth-order valence-corrected chi connectivity index (χ4v) is 5.19. The summed E-state index contributed by atoms with van der Waals surface area (Å²) in [7, 11) is 0. The van der Waals surface area contributed by atoms with Crippen LogP contribution in [0.5, 0.6) is 0 Å². The SMILES string of the molecule is Cc1cc(N2CCN(C(=O)NCC3CCN(Cc4cccs4)CC3)CC2)nc(C(C)C)n1. The van der Waals surface area contributed by atoms with Crippen molar-refractivity contribution in [2.24, 2.45) is 5.92 Å². The number of urea groups is 1. The van der Waals surface area contributed by atoms with E-state index in [0.717, 1.165) is 82.5 Å². The molecule has 2 aliphatic heterocycles. The van der Waals surface area contributed by atoms with Crippen molar-refractivity contribution in [3.05, 3.63) is 40.0 Å². The molecule has 4 heterocycles. The molecule has 0 aliphatic carbocycles. The molecule has 174 valence electrons. The first-order chi connectivity index (χ1) is 15.5. The predicted octanol–water partition coefficient (Wildman–Crippen LogP) is 3.71. The van der Waals surface area contributed by atoms with Gasteiger partial charge >= 0.3 is 6.03 Å². The molecule has 8 heteroatoms. The summed E-state index contributed by atoms with van der Waals surface area (Å²) in [6.45, 7) is 13.4. The summed E-state index contributed by atoms with van der Waals surface area (Å²) in [5, 5.41) is 5.34. The maximum Gasteiger partial charge on any atom is 0.317 e. The van der Waals surface area contributed by atoms with Crippen LogP contribution in [-0.4, -0.2) is 71.6 Å². The number of carbonyl (C=O) groups is 1. The molecule has 0 spiro atoms. The Labute approximate surface area is 195 Å². The maximum absolute atomic E-state index is 12.7. The Hall–Kier alpha value is -2.19. The van der Waals surface area contributed by atoms with Crippen molar-refractivity contribution in [1.82, 2.24) is 25.1 Å². The standard InChI is InChI=1S/C24H36N6OS/c1-18(2)23-26-19(3)15-22(27-23)29-10-12-30(13-11-29)24(31)25-16-20-6-8-28(9-7-20)17-21-5-4-14-32-21/h4-5,14-15,18,20H,6-13,16-17H2,1-3H3,(H,25,31). The van der Waals surface area contributed by atoms with Crippen LogP contribution in [0.1, 0.15) is 49.0 Å². The van der Waals surface area contributed by atoms with Crippen molar-refractivity contribution in [3.63, 3.8) is 0 Å². The molecule has 0 atom stereocenters. The molecule has 2 aromatic rings. The molecule has 7 nitrogen and oxygen atoms in total.